The highest BCUT2D eigenvalue weighted by Crippen LogP contribution is 2.57. The fraction of sp³-hybridized carbons (Fsp3) is 0.217. The molecule has 9 aromatic carbocycles. The van der Waals surface area contributed by atoms with Crippen LogP contribution in [0.2, 0.25) is 0 Å². The highest BCUT2D eigenvalue weighted by Gasteiger charge is 2.48. The van der Waals surface area contributed by atoms with Gasteiger partial charge in [0.05, 0.1) is 11.0 Å². The normalized spacial score (nSPS) is 14.5. The van der Waals surface area contributed by atoms with Gasteiger partial charge in [-0.15, -0.1) is 0 Å². The van der Waals surface area contributed by atoms with Crippen molar-refractivity contribution in [2.24, 2.45) is 0 Å². The maximum Gasteiger partial charge on any atom is 0.333 e. The second-order valence-electron chi connectivity index (χ2n) is 25.0. The van der Waals surface area contributed by atoms with Crippen LogP contribution in [0.5, 0.6) is 0 Å². The second-order valence-corrected chi connectivity index (χ2v) is 25.0. The van der Waals surface area contributed by atoms with Crippen molar-refractivity contribution in [1.29, 1.82) is 0 Å². The first-order chi connectivity index (χ1) is 35.4. The molecule has 11 aromatic rings. The van der Waals surface area contributed by atoms with E-state index in [0.717, 1.165) is 33.6 Å². The number of hydrogen-bond donors (Lipinski definition) is 0. The average molecular weight is 960 g/mol. The molecule has 0 atom stereocenters. The van der Waals surface area contributed by atoms with Crippen LogP contribution in [0.1, 0.15) is 104 Å². The number of para-hydroxylation sites is 3. The molecule has 0 bridgehead atoms. The Morgan fingerprint density at radius 3 is 1.77 bits per heavy atom. The van der Waals surface area contributed by atoms with Crippen LogP contribution >= 0.6 is 0 Å². The summed E-state index contributed by atoms with van der Waals surface area (Å²) in [5.74, 6) is 0. The molecule has 4 heterocycles. The van der Waals surface area contributed by atoms with E-state index in [2.05, 4.69) is 266 Å². The topological polar surface area (TPSA) is 24.6 Å². The Balaban J connectivity index is 1.15. The summed E-state index contributed by atoms with van der Waals surface area (Å²) >= 11 is 0. The Bertz CT molecular complexity index is 4120. The Kier molecular flexibility index (Phi) is 9.20. The summed E-state index contributed by atoms with van der Waals surface area (Å²) in [6.45, 7) is 25.6. The number of benzene rings is 9. The summed E-state index contributed by atoms with van der Waals surface area (Å²) in [6, 6.07) is 66.7. The number of rotatable bonds is 4. The third kappa shape index (κ3) is 6.28. The van der Waals surface area contributed by atoms with Gasteiger partial charge in [0.25, 0.3) is 0 Å². The van der Waals surface area contributed by atoms with E-state index < -0.39 is 0 Å². The molecule has 0 radical (unpaired) electrons. The quantitative estimate of drug-likeness (QED) is 0.164. The number of anilines is 5. The van der Waals surface area contributed by atoms with Crippen LogP contribution in [0, 0.1) is 0 Å². The van der Waals surface area contributed by atoms with Crippen molar-refractivity contribution in [2.75, 3.05) is 9.71 Å². The molecule has 14 rings (SSSR count). The van der Waals surface area contributed by atoms with Gasteiger partial charge in [-0.1, -0.05) is 167 Å². The third-order valence-electron chi connectivity index (χ3n) is 17.0. The lowest BCUT2D eigenvalue weighted by Gasteiger charge is -2.43. The van der Waals surface area contributed by atoms with Crippen molar-refractivity contribution in [3.05, 3.63) is 204 Å². The number of nitrogens with zero attached hydrogens (tertiary/aromatic N) is 3. The van der Waals surface area contributed by atoms with E-state index in [9.17, 15) is 0 Å². The fourth-order valence-electron chi connectivity index (χ4n) is 13.1. The molecule has 0 amide bonds. The molecular formula is C69H62BN3O. The van der Waals surface area contributed by atoms with E-state index in [1.54, 1.807) is 0 Å². The zero-order valence-corrected chi connectivity index (χ0v) is 44.6. The minimum absolute atomic E-state index is 0.00195. The Morgan fingerprint density at radius 2 is 1.09 bits per heavy atom. The van der Waals surface area contributed by atoms with E-state index >= 15 is 0 Å². The molecule has 0 spiro atoms. The van der Waals surface area contributed by atoms with E-state index in [-0.39, 0.29) is 28.5 Å². The van der Waals surface area contributed by atoms with Gasteiger partial charge in [-0.05, 0) is 151 Å². The first-order valence-corrected chi connectivity index (χ1v) is 26.6. The molecule has 3 aliphatic rings. The van der Waals surface area contributed by atoms with Crippen LogP contribution in [0.4, 0.5) is 28.4 Å². The maximum absolute atomic E-state index is 7.45. The standard InChI is InChI=1S/C69H62BN3O/c1-66(2,3)41-26-30-46(31-27-41)73-58-40-54-50(49-38-47(32-33-53(49)69(54,10)11)71(44-20-14-12-15-21-44)45-22-16-13-17-23-45)39-52(58)62-63-64-60(61-48-24-18-19-25-59(48)74-65(61)62)51-36-42(67(4,5)6)28-34-56(51)72(64)57-35-29-43(68(7,8)9)37-55(57)70(63)73/h12-40H,1-11H3. The zero-order valence-electron chi connectivity index (χ0n) is 44.6. The summed E-state index contributed by atoms with van der Waals surface area (Å²) in [6.07, 6.45) is 0. The molecule has 4 nitrogen and oxygen atoms in total. The molecule has 362 valence electrons. The van der Waals surface area contributed by atoms with E-state index in [4.69, 9.17) is 4.42 Å². The monoisotopic (exact) mass is 959 g/mol. The second kappa shape index (κ2) is 15.2. The lowest BCUT2D eigenvalue weighted by molar-refractivity contribution is 0.590. The SMILES string of the molecule is CC(C)(C)c1ccc(N2B3c4cc(C(C)(C)C)ccc4-n4c5ccc(C(C)(C)C)cc5c5c6c(oc7ccccc76)c(c3c54)-c3cc4c(cc32)C(C)(C)c2ccc(N(c3ccccc3)c3ccccc3)cc2-4)cc1. The van der Waals surface area contributed by atoms with Gasteiger partial charge >= 0.3 is 6.85 Å². The summed E-state index contributed by atoms with van der Waals surface area (Å²) in [5, 5.41) is 4.88. The van der Waals surface area contributed by atoms with Gasteiger partial charge in [0.2, 0.25) is 0 Å². The molecule has 1 aliphatic carbocycles. The van der Waals surface area contributed by atoms with Gasteiger partial charge in [-0.25, -0.2) is 0 Å². The van der Waals surface area contributed by atoms with Crippen molar-refractivity contribution >= 4 is 90.0 Å². The maximum atomic E-state index is 7.45. The highest BCUT2D eigenvalue weighted by atomic mass is 16.3. The van der Waals surface area contributed by atoms with Crippen molar-refractivity contribution in [1.82, 2.24) is 4.57 Å². The van der Waals surface area contributed by atoms with Gasteiger partial charge in [0.15, 0.2) is 0 Å². The molecule has 0 N–H and O–H groups in total. The molecule has 2 aliphatic heterocycles. The first kappa shape index (κ1) is 44.9. The van der Waals surface area contributed by atoms with Gasteiger partial charge in [0.1, 0.15) is 11.2 Å². The van der Waals surface area contributed by atoms with E-state index in [1.807, 2.05) is 0 Å². The minimum Gasteiger partial charge on any atom is -0.455 e. The van der Waals surface area contributed by atoms with Gasteiger partial charge in [-0.3, -0.25) is 0 Å². The summed E-state index contributed by atoms with van der Waals surface area (Å²) < 4.78 is 10.1. The summed E-state index contributed by atoms with van der Waals surface area (Å²) in [7, 11) is 0. The van der Waals surface area contributed by atoms with Gasteiger partial charge in [-0.2, -0.15) is 0 Å². The predicted molar refractivity (Wildman–Crippen MR) is 315 cm³/mol. The Labute approximate surface area is 436 Å². The van der Waals surface area contributed by atoms with Gasteiger partial charge in [0, 0.05) is 72.2 Å². The van der Waals surface area contributed by atoms with Crippen molar-refractivity contribution in [2.45, 2.75) is 97.8 Å². The molecule has 74 heavy (non-hydrogen) atoms. The molecule has 2 aromatic heterocycles. The number of furan rings is 1. The van der Waals surface area contributed by atoms with Crippen molar-refractivity contribution in [3.8, 4) is 27.9 Å². The lowest BCUT2D eigenvalue weighted by Crippen LogP contribution is -2.60. The molecular weight excluding hydrogens is 898 g/mol. The molecule has 0 unspecified atom stereocenters. The summed E-state index contributed by atoms with van der Waals surface area (Å²) in [4.78, 5) is 5.10. The number of fused-ring (bicyclic) bond motifs is 16. The zero-order chi connectivity index (χ0) is 51.0. The van der Waals surface area contributed by atoms with Crippen LogP contribution in [-0.2, 0) is 21.7 Å². The fourth-order valence-corrected chi connectivity index (χ4v) is 13.1. The van der Waals surface area contributed by atoms with Crippen LogP contribution in [-0.4, -0.2) is 11.4 Å². The minimum atomic E-state index is -0.287. The number of aromatic nitrogens is 1. The largest absolute Gasteiger partial charge is 0.455 e. The third-order valence-corrected chi connectivity index (χ3v) is 17.0. The van der Waals surface area contributed by atoms with Crippen LogP contribution in [0.25, 0.3) is 71.7 Å². The highest BCUT2D eigenvalue weighted by molar-refractivity contribution is 6.94. The molecule has 5 heteroatoms. The smallest absolute Gasteiger partial charge is 0.333 e. The van der Waals surface area contributed by atoms with Crippen LogP contribution in [0.15, 0.2) is 180 Å². The molecule has 0 saturated carbocycles. The van der Waals surface area contributed by atoms with E-state index in [1.165, 1.54) is 105 Å². The Hall–Kier alpha value is -7.76. The van der Waals surface area contributed by atoms with Crippen molar-refractivity contribution < 1.29 is 4.42 Å². The summed E-state index contributed by atoms with van der Waals surface area (Å²) in [5.41, 5.74) is 25.1. The molecule has 0 saturated heterocycles. The van der Waals surface area contributed by atoms with Crippen molar-refractivity contribution in [3.63, 3.8) is 0 Å². The van der Waals surface area contributed by atoms with E-state index in [0.29, 0.717) is 0 Å². The van der Waals surface area contributed by atoms with Crippen LogP contribution in [0.3, 0.4) is 0 Å². The van der Waals surface area contributed by atoms with Crippen LogP contribution < -0.4 is 20.6 Å². The Morgan fingerprint density at radius 1 is 0.486 bits per heavy atom. The average Bonchev–Trinajstić information content (AvgIpc) is 4.02. The predicted octanol–water partition coefficient (Wildman–Crippen LogP) is 17.6. The first-order valence-electron chi connectivity index (χ1n) is 26.6. The number of hydrogen-bond acceptors (Lipinski definition) is 3. The lowest BCUT2D eigenvalue weighted by atomic mass is 9.43. The molecule has 0 fully saturated rings. The van der Waals surface area contributed by atoms with Gasteiger partial charge < -0.3 is 18.7 Å².